The first-order valence-corrected chi connectivity index (χ1v) is 0.508. The van der Waals surface area contributed by atoms with Crippen molar-refractivity contribution in [3.8, 4) is 0 Å². The molecule has 0 bridgehead atoms. The Labute approximate surface area is 93.8 Å². The van der Waals surface area contributed by atoms with Gasteiger partial charge < -0.3 is 0 Å². The number of rotatable bonds is 0. The zero-order valence-electron chi connectivity index (χ0n) is 1.94. The van der Waals surface area contributed by atoms with Crippen LogP contribution in [-0.4, -0.2) is 0 Å². The third kappa shape index (κ3) is 20.2. The molecule has 1 radical (unpaired) electrons. The minimum absolute atomic E-state index is 0. The third-order valence-corrected chi connectivity index (χ3v) is 0. The summed E-state index contributed by atoms with van der Waals surface area (Å²) in [5.74, 6) is 0. The summed E-state index contributed by atoms with van der Waals surface area (Å²) in [4.78, 5) is 0. The van der Waals surface area contributed by atoms with Crippen LogP contribution < -0.4 is 0 Å². The van der Waals surface area contributed by atoms with Gasteiger partial charge >= 0.3 is 19.8 Å². The fraction of sp³-hybridized carbons (Fsp3) is 0. The van der Waals surface area contributed by atoms with E-state index in [-0.39, 0.29) is 75.9 Å². The maximum absolute atomic E-state index is 7.81. The Morgan fingerprint density at radius 3 is 1.20 bits per heavy atom. The number of hydrogen-bond acceptors (Lipinski definition) is 1. The molecule has 0 rings (SSSR count). The van der Waals surface area contributed by atoms with Crippen LogP contribution in [0.2, 0.25) is 0 Å². The molecule has 0 fully saturated rings. The molecule has 36 valence electrons. The van der Waals surface area contributed by atoms with E-state index in [1.54, 1.807) is 0 Å². The molecule has 0 aromatic heterocycles. The van der Waals surface area contributed by atoms with Gasteiger partial charge in [0.25, 0.3) is 0 Å². The molecule has 0 unspecified atom stereocenters. The third-order valence-electron chi connectivity index (χ3n) is 0. The molecule has 0 heterocycles. The first-order valence-electron chi connectivity index (χ1n) is 0.123. The van der Waals surface area contributed by atoms with Crippen molar-refractivity contribution in [3.05, 3.63) is 0 Å². The molecule has 0 saturated carbocycles. The summed E-state index contributed by atoms with van der Waals surface area (Å²) < 4.78 is 7.81. The van der Waals surface area contributed by atoms with Crippen molar-refractivity contribution in [1.29, 1.82) is 0 Å². The predicted molar refractivity (Wildman–Crippen MR) is 0.686 cm³/mol. The van der Waals surface area contributed by atoms with Gasteiger partial charge in [-0.05, 0) is 0 Å². The summed E-state index contributed by atoms with van der Waals surface area (Å²) in [6.07, 6.45) is 0. The molecule has 5 heteroatoms. The van der Waals surface area contributed by atoms with Crippen molar-refractivity contribution in [3.63, 3.8) is 0 Å². The van der Waals surface area contributed by atoms with Crippen molar-refractivity contribution in [1.82, 2.24) is 0 Å². The van der Waals surface area contributed by atoms with Crippen LogP contribution in [-0.2, 0) is 53.9 Å². The van der Waals surface area contributed by atoms with Crippen LogP contribution in [0.1, 0.15) is 0 Å². The Hall–Kier alpha value is 2.74. The first-order chi connectivity index (χ1) is 1.00. The predicted octanol–water partition coefficient (Wildman–Crippen LogP) is -0.126. The minimum atomic E-state index is 0. The standard InChI is InChI=1S/Ce.Cu.Fe.Mn.O. The Bertz CT molecular complexity index is 11.6. The van der Waals surface area contributed by atoms with Crippen LogP contribution in [0.15, 0.2) is 0 Å². The molecule has 0 aliphatic rings. The van der Waals surface area contributed by atoms with Gasteiger partial charge in [0.05, 0.1) is 0 Å². The van der Waals surface area contributed by atoms with Crippen LogP contribution in [0.4, 0.5) is 0 Å². The second-order valence-electron chi connectivity index (χ2n) is 0. The Balaban J connectivity index is -0.00000000167. The van der Waals surface area contributed by atoms with Crippen LogP contribution in [0.25, 0.3) is 0 Å². The fourth-order valence-corrected chi connectivity index (χ4v) is 0. The van der Waals surface area contributed by atoms with Crippen LogP contribution >= 0.6 is 0 Å². The topological polar surface area (TPSA) is 17.1 Å². The molecule has 0 spiro atoms. The van der Waals surface area contributed by atoms with Gasteiger partial charge in [0, 0.05) is 75.9 Å². The maximum atomic E-state index is 7.81. The van der Waals surface area contributed by atoms with E-state index in [1.807, 2.05) is 0 Å². The van der Waals surface area contributed by atoms with E-state index in [2.05, 4.69) is 15.9 Å². The Kier molecular flexibility index (Phi) is 149. The van der Waals surface area contributed by atoms with Gasteiger partial charge in [0.1, 0.15) is 0 Å². The van der Waals surface area contributed by atoms with E-state index >= 15 is 0 Å². The van der Waals surface area contributed by atoms with Crippen molar-refractivity contribution < 1.29 is 95.7 Å². The summed E-state index contributed by atoms with van der Waals surface area (Å²) in [6, 6.07) is 0. The molecule has 0 aliphatic carbocycles. The van der Waals surface area contributed by atoms with Gasteiger partial charge in [-0.15, -0.1) is 0 Å². The SMILES string of the molecule is [Ce].[Fe].[Mn].[O]=[Cu]. The van der Waals surface area contributed by atoms with Crippen molar-refractivity contribution >= 4 is 0 Å². The molecule has 0 aromatic carbocycles. The molecule has 0 aliphatic heterocycles. The van der Waals surface area contributed by atoms with Gasteiger partial charge in [-0.25, -0.2) is 0 Å². The molecular formula is CeCuFeMnO. The average Bonchev–Trinajstić information content (AvgIpc) is 1.00. The summed E-state index contributed by atoms with van der Waals surface area (Å²) in [5, 5.41) is 0. The average molecular weight is 330 g/mol. The van der Waals surface area contributed by atoms with E-state index in [1.165, 1.54) is 0 Å². The van der Waals surface area contributed by atoms with E-state index in [9.17, 15) is 0 Å². The van der Waals surface area contributed by atoms with Gasteiger partial charge in [-0.1, -0.05) is 0 Å². The molecule has 0 amide bonds. The van der Waals surface area contributed by atoms with Gasteiger partial charge in [-0.3, -0.25) is 0 Å². The van der Waals surface area contributed by atoms with Gasteiger partial charge in [0.15, 0.2) is 0 Å². The van der Waals surface area contributed by atoms with Gasteiger partial charge in [-0.2, -0.15) is 0 Å². The van der Waals surface area contributed by atoms with Crippen molar-refractivity contribution in [2.45, 2.75) is 0 Å². The van der Waals surface area contributed by atoms with E-state index in [4.69, 9.17) is 3.83 Å². The van der Waals surface area contributed by atoms with Crippen molar-refractivity contribution in [2.24, 2.45) is 0 Å². The molecule has 0 N–H and O–H groups in total. The Morgan fingerprint density at radius 2 is 1.20 bits per heavy atom. The zero-order valence-corrected chi connectivity index (χ0v) is 8.31. The Morgan fingerprint density at radius 1 is 1.20 bits per heavy atom. The van der Waals surface area contributed by atoms with Crippen molar-refractivity contribution in [2.75, 3.05) is 0 Å². The van der Waals surface area contributed by atoms with Gasteiger partial charge in [0.2, 0.25) is 0 Å². The van der Waals surface area contributed by atoms with E-state index in [0.29, 0.717) is 0 Å². The molecule has 0 saturated heterocycles. The molecular weight excluding hydrogens is 330 g/mol. The zero-order chi connectivity index (χ0) is 2.00. The van der Waals surface area contributed by atoms with E-state index in [0.717, 1.165) is 0 Å². The second-order valence-corrected chi connectivity index (χ2v) is 0. The first kappa shape index (κ1) is 25.2. The van der Waals surface area contributed by atoms with Crippen LogP contribution in [0.3, 0.4) is 0 Å². The summed E-state index contributed by atoms with van der Waals surface area (Å²) in [6.45, 7) is 0. The summed E-state index contributed by atoms with van der Waals surface area (Å²) >= 11 is 2.94. The molecule has 1 nitrogen and oxygen atoms in total. The number of hydrogen-bond donors (Lipinski definition) is 0. The van der Waals surface area contributed by atoms with E-state index < -0.39 is 0 Å². The quantitative estimate of drug-likeness (QED) is 0.566. The fourth-order valence-electron chi connectivity index (χ4n) is 0. The monoisotopic (exact) mass is 330 g/mol. The summed E-state index contributed by atoms with van der Waals surface area (Å²) in [5.41, 5.74) is 0. The molecule has 5 heavy (non-hydrogen) atoms. The summed E-state index contributed by atoms with van der Waals surface area (Å²) in [7, 11) is 0. The molecule has 0 aromatic rings. The molecule has 0 atom stereocenters. The normalized spacial score (nSPS) is 1.20. The second kappa shape index (κ2) is 29.6. The van der Waals surface area contributed by atoms with Crippen LogP contribution in [0.5, 0.6) is 0 Å². The van der Waals surface area contributed by atoms with Crippen LogP contribution in [0, 0.1) is 41.7 Å².